The summed E-state index contributed by atoms with van der Waals surface area (Å²) in [6, 6.07) is 0. The lowest BCUT2D eigenvalue weighted by Crippen LogP contribution is -2.28. The summed E-state index contributed by atoms with van der Waals surface area (Å²) in [6.45, 7) is 1.58. The number of hydrogen-bond acceptors (Lipinski definition) is 4. The molecule has 0 aromatic carbocycles. The Hall–Kier alpha value is -1.30. The van der Waals surface area contributed by atoms with Crippen molar-refractivity contribution < 1.29 is 8.78 Å². The van der Waals surface area contributed by atoms with Gasteiger partial charge in [0, 0.05) is 12.5 Å². The molecule has 0 unspecified atom stereocenters. The lowest BCUT2D eigenvalue weighted by atomic mass is 9.97. The predicted molar refractivity (Wildman–Crippen MR) is 61.4 cm³/mol. The van der Waals surface area contributed by atoms with Gasteiger partial charge in [0.2, 0.25) is 0 Å². The van der Waals surface area contributed by atoms with E-state index in [1.165, 1.54) is 6.20 Å². The molecule has 0 saturated carbocycles. The van der Waals surface area contributed by atoms with Crippen molar-refractivity contribution in [1.29, 1.82) is 0 Å². The number of nitrogens with one attached hydrogen (secondary N) is 2. The van der Waals surface area contributed by atoms with Crippen molar-refractivity contribution in [3.05, 3.63) is 18.1 Å². The summed E-state index contributed by atoms with van der Waals surface area (Å²) in [4.78, 5) is 8.36. The van der Waals surface area contributed by atoms with Crippen LogP contribution in [-0.2, 0) is 0 Å². The first-order valence-corrected chi connectivity index (χ1v) is 5.80. The second-order valence-electron chi connectivity index (χ2n) is 4.14. The predicted octanol–water partition coefficient (Wildman–Crippen LogP) is 1.62. The smallest absolute Gasteiger partial charge is 0.255 e. The Kier molecular flexibility index (Phi) is 4.19. The van der Waals surface area contributed by atoms with Crippen LogP contribution >= 0.6 is 0 Å². The van der Waals surface area contributed by atoms with E-state index < -0.39 is 6.43 Å². The third-order valence-corrected chi connectivity index (χ3v) is 2.82. The van der Waals surface area contributed by atoms with E-state index in [-0.39, 0.29) is 6.54 Å². The molecule has 2 heterocycles. The van der Waals surface area contributed by atoms with Crippen molar-refractivity contribution in [3.8, 4) is 0 Å². The molecule has 1 aromatic heterocycles. The van der Waals surface area contributed by atoms with Gasteiger partial charge in [-0.15, -0.1) is 0 Å². The molecule has 2 rings (SSSR count). The van der Waals surface area contributed by atoms with Crippen molar-refractivity contribution >= 4 is 5.82 Å². The number of alkyl halides is 2. The molecule has 17 heavy (non-hydrogen) atoms. The summed E-state index contributed by atoms with van der Waals surface area (Å²) >= 11 is 0. The van der Waals surface area contributed by atoms with Crippen molar-refractivity contribution in [2.75, 3.05) is 25.0 Å². The highest BCUT2D eigenvalue weighted by atomic mass is 19.3. The third kappa shape index (κ3) is 3.59. The maximum atomic E-state index is 12.0. The Bertz CT molecular complexity index is 336. The Morgan fingerprint density at radius 1 is 1.41 bits per heavy atom. The quantitative estimate of drug-likeness (QED) is 0.842. The lowest BCUT2D eigenvalue weighted by Gasteiger charge is -2.21. The molecule has 1 saturated heterocycles. The van der Waals surface area contributed by atoms with Gasteiger partial charge in [0.05, 0.1) is 24.6 Å². The van der Waals surface area contributed by atoms with E-state index in [1.807, 2.05) is 0 Å². The molecular weight excluding hydrogens is 226 g/mol. The Labute approximate surface area is 98.9 Å². The zero-order valence-corrected chi connectivity index (χ0v) is 9.50. The summed E-state index contributed by atoms with van der Waals surface area (Å²) in [5.41, 5.74) is 0.930. The van der Waals surface area contributed by atoms with Gasteiger partial charge in [0.15, 0.2) is 0 Å². The van der Waals surface area contributed by atoms with Crippen LogP contribution in [0, 0.1) is 0 Å². The topological polar surface area (TPSA) is 49.8 Å². The van der Waals surface area contributed by atoms with E-state index in [4.69, 9.17) is 0 Å². The van der Waals surface area contributed by atoms with Gasteiger partial charge < -0.3 is 10.6 Å². The minimum atomic E-state index is -2.38. The number of rotatable bonds is 4. The molecule has 1 aliphatic rings. The normalized spacial score (nSPS) is 20.5. The van der Waals surface area contributed by atoms with Crippen LogP contribution < -0.4 is 10.6 Å². The fourth-order valence-corrected chi connectivity index (χ4v) is 1.93. The average molecular weight is 242 g/mol. The van der Waals surface area contributed by atoms with Gasteiger partial charge in [0.25, 0.3) is 6.43 Å². The van der Waals surface area contributed by atoms with E-state index in [2.05, 4.69) is 20.6 Å². The van der Waals surface area contributed by atoms with Crippen molar-refractivity contribution in [2.45, 2.75) is 25.2 Å². The molecule has 2 N–H and O–H groups in total. The number of nitrogens with zero attached hydrogens (tertiary/aromatic N) is 2. The molecule has 1 aromatic rings. The fraction of sp³-hybridized carbons (Fsp3) is 0.636. The second kappa shape index (κ2) is 5.86. The van der Waals surface area contributed by atoms with E-state index in [9.17, 15) is 8.78 Å². The maximum absolute atomic E-state index is 12.0. The monoisotopic (exact) mass is 242 g/mol. The molecule has 6 heteroatoms. The molecule has 1 fully saturated rings. The SMILES string of the molecule is FC(F)CNc1cnc([C@H]2CCCNC2)cn1. The highest BCUT2D eigenvalue weighted by Crippen LogP contribution is 2.20. The first kappa shape index (κ1) is 12.2. The third-order valence-electron chi connectivity index (χ3n) is 2.82. The first-order valence-electron chi connectivity index (χ1n) is 5.80. The average Bonchev–Trinajstić information content (AvgIpc) is 2.38. The molecule has 0 spiro atoms. The van der Waals surface area contributed by atoms with Gasteiger partial charge in [-0.25, -0.2) is 13.8 Å². The zero-order valence-electron chi connectivity index (χ0n) is 9.50. The van der Waals surface area contributed by atoms with E-state index in [1.54, 1.807) is 6.20 Å². The summed E-state index contributed by atoms with van der Waals surface area (Å²) < 4.78 is 23.9. The maximum Gasteiger partial charge on any atom is 0.255 e. The van der Waals surface area contributed by atoms with Crippen LogP contribution in [0.2, 0.25) is 0 Å². The highest BCUT2D eigenvalue weighted by molar-refractivity contribution is 5.31. The molecule has 4 nitrogen and oxygen atoms in total. The summed E-state index contributed by atoms with van der Waals surface area (Å²) in [5, 5.41) is 5.84. The van der Waals surface area contributed by atoms with E-state index in [0.29, 0.717) is 11.7 Å². The molecule has 0 radical (unpaired) electrons. The Balaban J connectivity index is 1.92. The van der Waals surface area contributed by atoms with Crippen molar-refractivity contribution in [2.24, 2.45) is 0 Å². The number of hydrogen-bond donors (Lipinski definition) is 2. The van der Waals surface area contributed by atoms with Gasteiger partial charge in [-0.3, -0.25) is 4.98 Å². The van der Waals surface area contributed by atoms with Crippen LogP contribution in [0.3, 0.4) is 0 Å². The van der Waals surface area contributed by atoms with Crippen molar-refractivity contribution in [1.82, 2.24) is 15.3 Å². The number of piperidine rings is 1. The highest BCUT2D eigenvalue weighted by Gasteiger charge is 2.16. The number of aromatic nitrogens is 2. The fourth-order valence-electron chi connectivity index (χ4n) is 1.93. The largest absolute Gasteiger partial charge is 0.363 e. The number of anilines is 1. The standard InChI is InChI=1S/C11H16F2N4/c12-10(13)6-17-11-7-15-9(5-16-11)8-2-1-3-14-4-8/h5,7-8,10,14H,1-4,6H2,(H,16,17)/t8-/m0/s1. The molecule has 94 valence electrons. The summed E-state index contributed by atoms with van der Waals surface area (Å²) in [6.07, 6.45) is 3.06. The van der Waals surface area contributed by atoms with Gasteiger partial charge in [-0.05, 0) is 19.4 Å². The van der Waals surface area contributed by atoms with Crippen LogP contribution in [0.1, 0.15) is 24.5 Å². The lowest BCUT2D eigenvalue weighted by molar-refractivity contribution is 0.163. The van der Waals surface area contributed by atoms with Crippen molar-refractivity contribution in [3.63, 3.8) is 0 Å². The molecular formula is C11H16F2N4. The first-order chi connectivity index (χ1) is 8.25. The van der Waals surface area contributed by atoms with Gasteiger partial charge in [0.1, 0.15) is 5.82 Å². The molecule has 1 atom stereocenters. The molecule has 0 amide bonds. The molecule has 0 aliphatic carbocycles. The van der Waals surface area contributed by atoms with Crippen LogP contribution in [-0.4, -0.2) is 36.0 Å². The second-order valence-corrected chi connectivity index (χ2v) is 4.14. The molecule has 1 aliphatic heterocycles. The van der Waals surface area contributed by atoms with E-state index >= 15 is 0 Å². The van der Waals surface area contributed by atoms with E-state index in [0.717, 1.165) is 31.6 Å². The summed E-state index contributed by atoms with van der Waals surface area (Å²) in [7, 11) is 0. The zero-order chi connectivity index (χ0) is 12.1. The van der Waals surface area contributed by atoms with Gasteiger partial charge in [-0.1, -0.05) is 0 Å². The van der Waals surface area contributed by atoms with Crippen LogP contribution in [0.4, 0.5) is 14.6 Å². The summed E-state index contributed by atoms with van der Waals surface area (Å²) in [5.74, 6) is 0.790. The minimum absolute atomic E-state index is 0.389. The Morgan fingerprint density at radius 3 is 2.88 bits per heavy atom. The van der Waals surface area contributed by atoms with Crippen LogP contribution in [0.5, 0.6) is 0 Å². The minimum Gasteiger partial charge on any atom is -0.363 e. The molecule has 0 bridgehead atoms. The van der Waals surface area contributed by atoms with Crippen LogP contribution in [0.25, 0.3) is 0 Å². The van der Waals surface area contributed by atoms with Crippen LogP contribution in [0.15, 0.2) is 12.4 Å². The number of halogens is 2. The Morgan fingerprint density at radius 2 is 2.29 bits per heavy atom. The van der Waals surface area contributed by atoms with Gasteiger partial charge in [-0.2, -0.15) is 0 Å². The van der Waals surface area contributed by atoms with Gasteiger partial charge >= 0.3 is 0 Å².